The summed E-state index contributed by atoms with van der Waals surface area (Å²) in [5.41, 5.74) is 1.90. The molecule has 0 aliphatic carbocycles. The zero-order valence-electron chi connectivity index (χ0n) is 16.1. The van der Waals surface area contributed by atoms with Crippen LogP contribution in [0.5, 0.6) is 5.75 Å². The first kappa shape index (κ1) is 21.9. The number of hydrogen-bond acceptors (Lipinski definition) is 6. The lowest BCUT2D eigenvalue weighted by atomic mass is 10.0. The second-order valence-electron chi connectivity index (χ2n) is 6.27. The van der Waals surface area contributed by atoms with E-state index in [1.807, 2.05) is 24.3 Å². The summed E-state index contributed by atoms with van der Waals surface area (Å²) in [6.07, 6.45) is 0. The molecule has 1 aromatic carbocycles. The summed E-state index contributed by atoms with van der Waals surface area (Å²) in [6.45, 7) is 7.55. The van der Waals surface area contributed by atoms with Gasteiger partial charge < -0.3 is 14.8 Å². The molecule has 0 aliphatic rings. The second kappa shape index (κ2) is 9.71. The van der Waals surface area contributed by atoms with Gasteiger partial charge in [0, 0.05) is 0 Å². The van der Waals surface area contributed by atoms with E-state index in [2.05, 4.69) is 35.1 Å². The minimum atomic E-state index is -0.507. The number of nitrogens with one attached hydrogen (secondary N) is 1. The van der Waals surface area contributed by atoms with E-state index >= 15 is 0 Å². The number of nitriles is 1. The molecule has 0 saturated heterocycles. The van der Waals surface area contributed by atoms with Crippen LogP contribution in [0.2, 0.25) is 0 Å². The summed E-state index contributed by atoms with van der Waals surface area (Å²) in [6, 6.07) is 7.74. The number of halogens is 1. The average molecular weight is 465 g/mol. The normalized spacial score (nSPS) is 10.5. The van der Waals surface area contributed by atoms with E-state index in [9.17, 15) is 14.9 Å². The molecule has 28 heavy (non-hydrogen) atoms. The summed E-state index contributed by atoms with van der Waals surface area (Å²) in [7, 11) is 0. The molecule has 148 valence electrons. The number of nitrogens with zero attached hydrogens (tertiary/aromatic N) is 1. The van der Waals surface area contributed by atoms with Crippen molar-refractivity contribution in [1.82, 2.24) is 0 Å². The van der Waals surface area contributed by atoms with Crippen LogP contribution in [-0.2, 0) is 9.53 Å². The number of amides is 1. The summed E-state index contributed by atoms with van der Waals surface area (Å²) >= 11 is 4.47. The molecule has 0 spiro atoms. The van der Waals surface area contributed by atoms with Crippen molar-refractivity contribution >= 4 is 44.1 Å². The van der Waals surface area contributed by atoms with Crippen molar-refractivity contribution < 1.29 is 19.1 Å². The van der Waals surface area contributed by atoms with Crippen LogP contribution in [0.15, 0.2) is 22.7 Å². The molecular weight excluding hydrogens is 444 g/mol. The molecular formula is C20H21BrN2O4S. The van der Waals surface area contributed by atoms with Crippen LogP contribution in [0.3, 0.4) is 0 Å². The van der Waals surface area contributed by atoms with E-state index in [1.54, 1.807) is 13.8 Å². The maximum absolute atomic E-state index is 12.3. The molecule has 8 heteroatoms. The Balaban J connectivity index is 2.08. The van der Waals surface area contributed by atoms with Crippen LogP contribution in [-0.4, -0.2) is 25.1 Å². The lowest BCUT2D eigenvalue weighted by Crippen LogP contribution is -2.20. The van der Waals surface area contributed by atoms with Crippen LogP contribution in [0.1, 0.15) is 53.1 Å². The molecule has 0 radical (unpaired) electrons. The molecule has 1 N–H and O–H groups in total. The van der Waals surface area contributed by atoms with Crippen molar-refractivity contribution in [3.05, 3.63) is 44.2 Å². The Hall–Kier alpha value is -2.37. The van der Waals surface area contributed by atoms with Crippen LogP contribution >= 0.6 is 27.3 Å². The molecule has 0 atom stereocenters. The minimum Gasteiger partial charge on any atom is -0.483 e. The molecule has 2 rings (SSSR count). The third kappa shape index (κ3) is 5.12. The predicted molar refractivity (Wildman–Crippen MR) is 112 cm³/mol. The van der Waals surface area contributed by atoms with Crippen molar-refractivity contribution in [3.8, 4) is 11.8 Å². The number of rotatable bonds is 7. The van der Waals surface area contributed by atoms with Gasteiger partial charge in [0.05, 0.1) is 16.6 Å². The Morgan fingerprint density at radius 1 is 1.36 bits per heavy atom. The highest BCUT2D eigenvalue weighted by Crippen LogP contribution is 2.33. The highest BCUT2D eigenvalue weighted by Gasteiger charge is 2.22. The van der Waals surface area contributed by atoms with Gasteiger partial charge in [-0.25, -0.2) is 4.79 Å². The summed E-state index contributed by atoms with van der Waals surface area (Å²) in [4.78, 5) is 24.6. The van der Waals surface area contributed by atoms with Gasteiger partial charge in [0.15, 0.2) is 6.61 Å². The number of anilines is 1. The van der Waals surface area contributed by atoms with E-state index in [0.717, 1.165) is 21.4 Å². The van der Waals surface area contributed by atoms with Crippen molar-refractivity contribution in [1.29, 1.82) is 5.26 Å². The Labute approximate surface area is 176 Å². The monoisotopic (exact) mass is 464 g/mol. The standard InChI is InChI=1S/C20H21BrN2O4S/c1-5-26-20(25)18-12(4)14(9-22)19(28-18)23-17(24)10-27-16-7-6-13(11(2)3)8-15(16)21/h6-8,11H,5,10H2,1-4H3,(H,23,24). The van der Waals surface area contributed by atoms with E-state index in [0.29, 0.717) is 27.1 Å². The number of benzene rings is 1. The maximum atomic E-state index is 12.3. The molecule has 1 heterocycles. The van der Waals surface area contributed by atoms with Crippen LogP contribution in [0, 0.1) is 18.3 Å². The summed E-state index contributed by atoms with van der Waals surface area (Å²) in [5, 5.41) is 12.3. The third-order valence-electron chi connectivity index (χ3n) is 3.95. The zero-order chi connectivity index (χ0) is 20.8. The molecule has 0 aliphatic heterocycles. The maximum Gasteiger partial charge on any atom is 0.348 e. The summed E-state index contributed by atoms with van der Waals surface area (Å²) < 4.78 is 11.3. The fourth-order valence-electron chi connectivity index (χ4n) is 2.43. The minimum absolute atomic E-state index is 0.226. The average Bonchev–Trinajstić information content (AvgIpc) is 2.96. The van der Waals surface area contributed by atoms with Gasteiger partial charge in [0.2, 0.25) is 0 Å². The molecule has 0 unspecified atom stereocenters. The SMILES string of the molecule is CCOC(=O)c1sc(NC(=O)COc2ccc(C(C)C)cc2Br)c(C#N)c1C. The Morgan fingerprint density at radius 2 is 2.07 bits per heavy atom. The second-order valence-corrected chi connectivity index (χ2v) is 8.15. The number of carbonyl (C=O) groups excluding carboxylic acids is 2. The van der Waals surface area contributed by atoms with Gasteiger partial charge in [-0.2, -0.15) is 5.26 Å². The quantitative estimate of drug-likeness (QED) is 0.581. The lowest BCUT2D eigenvalue weighted by molar-refractivity contribution is -0.118. The van der Waals surface area contributed by atoms with E-state index in [-0.39, 0.29) is 18.8 Å². The van der Waals surface area contributed by atoms with Crippen molar-refractivity contribution in [2.75, 3.05) is 18.5 Å². The first-order valence-electron chi connectivity index (χ1n) is 8.71. The fraction of sp³-hybridized carbons (Fsp3) is 0.350. The van der Waals surface area contributed by atoms with Crippen molar-refractivity contribution in [2.24, 2.45) is 0 Å². The van der Waals surface area contributed by atoms with Crippen LogP contribution in [0.25, 0.3) is 0 Å². The molecule has 6 nitrogen and oxygen atoms in total. The first-order chi connectivity index (χ1) is 13.3. The number of carbonyl (C=O) groups is 2. The smallest absolute Gasteiger partial charge is 0.348 e. The van der Waals surface area contributed by atoms with Gasteiger partial charge in [-0.3, -0.25) is 4.79 Å². The third-order valence-corrected chi connectivity index (χ3v) is 5.76. The lowest BCUT2D eigenvalue weighted by Gasteiger charge is -2.11. The Morgan fingerprint density at radius 3 is 2.64 bits per heavy atom. The largest absolute Gasteiger partial charge is 0.483 e. The highest BCUT2D eigenvalue weighted by molar-refractivity contribution is 9.10. The van der Waals surface area contributed by atoms with E-state index in [1.165, 1.54) is 0 Å². The van der Waals surface area contributed by atoms with Gasteiger partial charge in [-0.15, -0.1) is 11.3 Å². The van der Waals surface area contributed by atoms with Gasteiger partial charge in [-0.1, -0.05) is 19.9 Å². The molecule has 2 aromatic rings. The predicted octanol–water partition coefficient (Wildman–Crippen LogP) is 5.01. The highest BCUT2D eigenvalue weighted by atomic mass is 79.9. The van der Waals surface area contributed by atoms with Crippen LogP contribution in [0.4, 0.5) is 5.00 Å². The van der Waals surface area contributed by atoms with Gasteiger partial charge >= 0.3 is 5.97 Å². The molecule has 1 aromatic heterocycles. The Kier molecular flexibility index (Phi) is 7.61. The Bertz CT molecular complexity index is 931. The van der Waals surface area contributed by atoms with Crippen molar-refractivity contribution in [3.63, 3.8) is 0 Å². The number of ether oxygens (including phenoxy) is 2. The van der Waals surface area contributed by atoms with Gasteiger partial charge in [0.25, 0.3) is 5.91 Å². The van der Waals surface area contributed by atoms with E-state index in [4.69, 9.17) is 9.47 Å². The number of hydrogen-bond donors (Lipinski definition) is 1. The molecule has 1 amide bonds. The summed E-state index contributed by atoms with van der Waals surface area (Å²) in [5.74, 6) is 0.00348. The molecule has 0 saturated carbocycles. The van der Waals surface area contributed by atoms with Gasteiger partial charge in [-0.05, 0) is 59.0 Å². The first-order valence-corrected chi connectivity index (χ1v) is 10.3. The number of thiophene rings is 1. The topological polar surface area (TPSA) is 88.4 Å². The van der Waals surface area contributed by atoms with Crippen molar-refractivity contribution in [2.45, 2.75) is 33.6 Å². The zero-order valence-corrected chi connectivity index (χ0v) is 18.5. The fourth-order valence-corrected chi connectivity index (χ4v) is 4.00. The molecule has 0 bridgehead atoms. The van der Waals surface area contributed by atoms with Crippen LogP contribution < -0.4 is 10.1 Å². The molecule has 0 fully saturated rings. The number of esters is 1. The van der Waals surface area contributed by atoms with Gasteiger partial charge in [0.1, 0.15) is 21.7 Å². The van der Waals surface area contributed by atoms with E-state index < -0.39 is 11.9 Å².